The van der Waals surface area contributed by atoms with E-state index >= 15 is 0 Å². The molecule has 0 aromatic heterocycles. The Kier molecular flexibility index (Phi) is 10.4. The van der Waals surface area contributed by atoms with Crippen molar-refractivity contribution in [3.05, 3.63) is 94.5 Å². The van der Waals surface area contributed by atoms with Gasteiger partial charge in [-0.05, 0) is 55.2 Å². The van der Waals surface area contributed by atoms with E-state index in [-0.39, 0.29) is 30.8 Å². The van der Waals surface area contributed by atoms with Gasteiger partial charge in [-0.3, -0.25) is 9.59 Å². The number of carbonyl (C=O) groups excluding carboxylic acids is 2. The van der Waals surface area contributed by atoms with Crippen LogP contribution in [0.1, 0.15) is 37.0 Å². The highest BCUT2D eigenvalue weighted by Crippen LogP contribution is 2.28. The van der Waals surface area contributed by atoms with Crippen LogP contribution in [0, 0.1) is 0 Å². The van der Waals surface area contributed by atoms with Crippen molar-refractivity contribution < 1.29 is 19.1 Å². The number of methoxy groups -OCH3 is 2. The highest BCUT2D eigenvalue weighted by molar-refractivity contribution is 6.31. The van der Waals surface area contributed by atoms with E-state index in [1.54, 1.807) is 25.2 Å². The number of aryl methyl sites for hydroxylation is 1. The molecule has 3 aromatic carbocycles. The molecule has 0 aliphatic rings. The lowest BCUT2D eigenvalue weighted by Gasteiger charge is -2.32. The third-order valence-corrected chi connectivity index (χ3v) is 6.44. The molecule has 0 aliphatic carbocycles. The fourth-order valence-electron chi connectivity index (χ4n) is 4.18. The molecule has 0 aliphatic heterocycles. The Balaban J connectivity index is 1.91. The third kappa shape index (κ3) is 7.99. The summed E-state index contributed by atoms with van der Waals surface area (Å²) in [5.74, 6) is 0.921. The van der Waals surface area contributed by atoms with Crippen molar-refractivity contribution in [2.75, 3.05) is 14.2 Å². The largest absolute Gasteiger partial charge is 0.493 e. The Morgan fingerprint density at radius 1 is 0.892 bits per heavy atom. The summed E-state index contributed by atoms with van der Waals surface area (Å²) in [6, 6.07) is 22.0. The highest BCUT2D eigenvalue weighted by Gasteiger charge is 2.31. The number of rotatable bonds is 12. The normalized spacial score (nSPS) is 11.6. The predicted octanol–water partition coefficient (Wildman–Crippen LogP) is 5.45. The zero-order chi connectivity index (χ0) is 26.8. The first-order valence-electron chi connectivity index (χ1n) is 12.4. The van der Waals surface area contributed by atoms with E-state index in [4.69, 9.17) is 21.1 Å². The molecule has 2 amide bonds. The Labute approximate surface area is 224 Å². The SMILES string of the molecule is COc1ccc(CCC(=O)N(Cc2ccccc2Cl)[C@H](Cc2ccccc2)C(=O)NC(C)C)cc1OC. The standard InChI is InChI=1S/C30H35ClN2O4/c1-21(2)32-30(35)26(18-22-10-6-5-7-11-22)33(20-24-12-8-9-13-25(24)31)29(34)17-15-23-14-16-27(36-3)28(19-23)37-4/h5-14,16,19,21,26H,15,17-18,20H2,1-4H3,(H,32,35)/t26-/m1/s1. The summed E-state index contributed by atoms with van der Waals surface area (Å²) in [6.07, 6.45) is 1.11. The number of benzene rings is 3. The van der Waals surface area contributed by atoms with Gasteiger partial charge in [0, 0.05) is 30.5 Å². The van der Waals surface area contributed by atoms with Crippen LogP contribution < -0.4 is 14.8 Å². The van der Waals surface area contributed by atoms with E-state index in [0.29, 0.717) is 29.4 Å². The Morgan fingerprint density at radius 2 is 1.57 bits per heavy atom. The zero-order valence-corrected chi connectivity index (χ0v) is 22.6. The summed E-state index contributed by atoms with van der Waals surface area (Å²) >= 11 is 6.47. The van der Waals surface area contributed by atoms with Gasteiger partial charge in [0.15, 0.2) is 11.5 Å². The molecule has 0 heterocycles. The maximum atomic E-state index is 13.8. The number of nitrogens with zero attached hydrogens (tertiary/aromatic N) is 1. The van der Waals surface area contributed by atoms with Crippen LogP contribution in [0.15, 0.2) is 72.8 Å². The molecule has 1 atom stereocenters. The van der Waals surface area contributed by atoms with Gasteiger partial charge in [-0.25, -0.2) is 0 Å². The third-order valence-electron chi connectivity index (χ3n) is 6.08. The van der Waals surface area contributed by atoms with Gasteiger partial charge in [0.1, 0.15) is 6.04 Å². The minimum Gasteiger partial charge on any atom is -0.493 e. The summed E-state index contributed by atoms with van der Waals surface area (Å²) in [6.45, 7) is 4.05. The average Bonchev–Trinajstić information content (AvgIpc) is 2.90. The van der Waals surface area contributed by atoms with E-state index in [2.05, 4.69) is 5.32 Å². The summed E-state index contributed by atoms with van der Waals surface area (Å²) in [5, 5.41) is 3.56. The first-order chi connectivity index (χ1) is 17.8. The molecular formula is C30H35ClN2O4. The molecule has 37 heavy (non-hydrogen) atoms. The molecule has 0 spiro atoms. The molecular weight excluding hydrogens is 488 g/mol. The summed E-state index contributed by atoms with van der Waals surface area (Å²) in [5.41, 5.74) is 2.71. The number of hydrogen-bond acceptors (Lipinski definition) is 4. The number of halogens is 1. The van der Waals surface area contributed by atoms with Crippen molar-refractivity contribution in [3.8, 4) is 11.5 Å². The van der Waals surface area contributed by atoms with Gasteiger partial charge in [-0.2, -0.15) is 0 Å². The number of amides is 2. The Hall–Kier alpha value is -3.51. The number of hydrogen-bond donors (Lipinski definition) is 1. The number of ether oxygens (including phenoxy) is 2. The molecule has 3 rings (SSSR count). The number of nitrogens with one attached hydrogen (secondary N) is 1. The van der Waals surface area contributed by atoms with Crippen molar-refractivity contribution >= 4 is 23.4 Å². The average molecular weight is 523 g/mol. The van der Waals surface area contributed by atoms with Crippen LogP contribution in [0.5, 0.6) is 11.5 Å². The molecule has 0 fully saturated rings. The quantitative estimate of drug-likeness (QED) is 0.343. The highest BCUT2D eigenvalue weighted by atomic mass is 35.5. The van der Waals surface area contributed by atoms with Crippen molar-refractivity contribution in [1.82, 2.24) is 10.2 Å². The van der Waals surface area contributed by atoms with Gasteiger partial charge in [0.05, 0.1) is 14.2 Å². The lowest BCUT2D eigenvalue weighted by atomic mass is 10.0. The van der Waals surface area contributed by atoms with Gasteiger partial charge in [0.25, 0.3) is 0 Å². The van der Waals surface area contributed by atoms with Gasteiger partial charge in [-0.1, -0.05) is 66.2 Å². The van der Waals surface area contributed by atoms with E-state index in [9.17, 15) is 9.59 Å². The van der Waals surface area contributed by atoms with E-state index in [0.717, 1.165) is 16.7 Å². The van der Waals surface area contributed by atoms with Crippen LogP contribution in [-0.4, -0.2) is 43.0 Å². The predicted molar refractivity (Wildman–Crippen MR) is 147 cm³/mol. The second-order valence-corrected chi connectivity index (χ2v) is 9.58. The molecule has 1 N–H and O–H groups in total. The van der Waals surface area contributed by atoms with Crippen LogP contribution in [0.2, 0.25) is 5.02 Å². The van der Waals surface area contributed by atoms with Crippen LogP contribution in [0.25, 0.3) is 0 Å². The van der Waals surface area contributed by atoms with Gasteiger partial charge in [0.2, 0.25) is 11.8 Å². The lowest BCUT2D eigenvalue weighted by molar-refractivity contribution is -0.141. The van der Waals surface area contributed by atoms with E-state index in [1.807, 2.05) is 80.6 Å². The molecule has 0 saturated carbocycles. The second-order valence-electron chi connectivity index (χ2n) is 9.17. The second kappa shape index (κ2) is 13.7. The van der Waals surface area contributed by atoms with Crippen LogP contribution in [0.4, 0.5) is 0 Å². The maximum absolute atomic E-state index is 13.8. The van der Waals surface area contributed by atoms with Crippen molar-refractivity contribution in [2.45, 2.75) is 51.7 Å². The van der Waals surface area contributed by atoms with E-state index in [1.165, 1.54) is 0 Å². The van der Waals surface area contributed by atoms with Crippen LogP contribution >= 0.6 is 11.6 Å². The first-order valence-corrected chi connectivity index (χ1v) is 12.8. The Bertz CT molecular complexity index is 1180. The summed E-state index contributed by atoms with van der Waals surface area (Å²) < 4.78 is 10.7. The molecule has 0 radical (unpaired) electrons. The minimum atomic E-state index is -0.695. The monoisotopic (exact) mass is 522 g/mol. The van der Waals surface area contributed by atoms with Crippen molar-refractivity contribution in [3.63, 3.8) is 0 Å². The summed E-state index contributed by atoms with van der Waals surface area (Å²) in [4.78, 5) is 28.9. The van der Waals surface area contributed by atoms with Gasteiger partial charge in [-0.15, -0.1) is 0 Å². The molecule has 6 nitrogen and oxygen atoms in total. The lowest BCUT2D eigenvalue weighted by Crippen LogP contribution is -2.51. The van der Waals surface area contributed by atoms with Crippen LogP contribution in [-0.2, 0) is 29.0 Å². The van der Waals surface area contributed by atoms with Gasteiger partial charge < -0.3 is 19.7 Å². The molecule has 0 saturated heterocycles. The Morgan fingerprint density at radius 3 is 2.22 bits per heavy atom. The molecule has 196 valence electrons. The minimum absolute atomic E-state index is 0.0604. The molecule has 0 unspecified atom stereocenters. The van der Waals surface area contributed by atoms with Gasteiger partial charge >= 0.3 is 0 Å². The first kappa shape index (κ1) is 28.1. The van der Waals surface area contributed by atoms with Crippen molar-refractivity contribution in [1.29, 1.82) is 0 Å². The molecule has 7 heteroatoms. The maximum Gasteiger partial charge on any atom is 0.243 e. The molecule has 3 aromatic rings. The van der Waals surface area contributed by atoms with Crippen molar-refractivity contribution in [2.24, 2.45) is 0 Å². The number of carbonyl (C=O) groups is 2. The zero-order valence-electron chi connectivity index (χ0n) is 21.9. The van der Waals surface area contributed by atoms with E-state index < -0.39 is 6.04 Å². The fraction of sp³-hybridized carbons (Fsp3) is 0.333. The summed E-state index contributed by atoms with van der Waals surface area (Å²) in [7, 11) is 3.17. The topological polar surface area (TPSA) is 67.9 Å². The van der Waals surface area contributed by atoms with Crippen LogP contribution in [0.3, 0.4) is 0 Å². The fourth-order valence-corrected chi connectivity index (χ4v) is 4.37. The smallest absolute Gasteiger partial charge is 0.243 e. The molecule has 0 bridgehead atoms.